The van der Waals surface area contributed by atoms with Crippen molar-refractivity contribution in [2.45, 2.75) is 32.6 Å². The summed E-state index contributed by atoms with van der Waals surface area (Å²) in [5.74, 6) is 2.32. The molecule has 2 heterocycles. The van der Waals surface area contributed by atoms with E-state index in [0.717, 1.165) is 62.0 Å². The Hall–Kier alpha value is -2.67. The quantitative estimate of drug-likeness (QED) is 0.751. The van der Waals surface area contributed by atoms with Crippen molar-refractivity contribution in [2.24, 2.45) is 0 Å². The van der Waals surface area contributed by atoms with Crippen LogP contribution in [-0.4, -0.2) is 67.6 Å². The molecule has 2 aromatic rings. The number of likely N-dealkylation sites (N-methyl/N-ethyl adjacent to an activating group) is 1. The van der Waals surface area contributed by atoms with Crippen LogP contribution in [0.2, 0.25) is 0 Å². The number of piperazine rings is 1. The van der Waals surface area contributed by atoms with E-state index in [0.29, 0.717) is 23.5 Å². The topological polar surface area (TPSA) is 67.8 Å². The van der Waals surface area contributed by atoms with Crippen LogP contribution in [0, 0.1) is 6.92 Å². The summed E-state index contributed by atoms with van der Waals surface area (Å²) in [4.78, 5) is 27.2. The largest absolute Gasteiger partial charge is 0.493 e. The summed E-state index contributed by atoms with van der Waals surface area (Å²) in [6.45, 7) is 9.06. The molecule has 0 saturated carbocycles. The zero-order valence-electron chi connectivity index (χ0n) is 18.3. The first kappa shape index (κ1) is 20.6. The molecule has 4 rings (SSSR count). The normalized spacial score (nSPS) is 19.5. The van der Waals surface area contributed by atoms with E-state index >= 15 is 0 Å². The van der Waals surface area contributed by atoms with E-state index in [1.807, 2.05) is 25.1 Å². The summed E-state index contributed by atoms with van der Waals surface area (Å²) in [5, 5.41) is 0. The second-order valence-electron chi connectivity index (χ2n) is 7.99. The van der Waals surface area contributed by atoms with Crippen LogP contribution in [0.5, 0.6) is 11.5 Å². The highest BCUT2D eigenvalue weighted by atomic mass is 16.5. The van der Waals surface area contributed by atoms with E-state index < -0.39 is 0 Å². The molecular weight excluding hydrogens is 380 g/mol. The number of aryl methyl sites for hydroxylation is 1. The van der Waals surface area contributed by atoms with Gasteiger partial charge in [0.2, 0.25) is 5.95 Å². The van der Waals surface area contributed by atoms with Crippen molar-refractivity contribution >= 4 is 11.7 Å². The van der Waals surface area contributed by atoms with Gasteiger partial charge in [-0.1, -0.05) is 13.0 Å². The number of Topliss-reactive ketones (excluding diaryl/α,β-unsaturated/α-hetero) is 1. The van der Waals surface area contributed by atoms with Crippen LogP contribution in [0.4, 0.5) is 5.95 Å². The number of hydrogen-bond donors (Lipinski definition) is 0. The number of fused-ring (bicyclic) bond motifs is 1. The number of aromatic nitrogens is 2. The smallest absolute Gasteiger partial charge is 0.225 e. The van der Waals surface area contributed by atoms with Gasteiger partial charge >= 0.3 is 0 Å². The van der Waals surface area contributed by atoms with E-state index in [2.05, 4.69) is 16.7 Å². The highest BCUT2D eigenvalue weighted by molar-refractivity contribution is 5.99. The molecule has 1 atom stereocenters. The maximum absolute atomic E-state index is 13.0. The molecule has 0 radical (unpaired) electrons. The lowest BCUT2D eigenvalue weighted by molar-refractivity contribution is 0.0962. The van der Waals surface area contributed by atoms with Gasteiger partial charge in [0.05, 0.1) is 31.2 Å². The molecule has 0 N–H and O–H groups in total. The predicted molar refractivity (Wildman–Crippen MR) is 116 cm³/mol. The van der Waals surface area contributed by atoms with E-state index in [9.17, 15) is 4.79 Å². The SMILES string of the molecule is CCN1CCN(c2nc(C)c3c(n2)CC(c2ccc(OC)c(OC)c2)CC3=O)CC1. The fourth-order valence-corrected chi connectivity index (χ4v) is 4.51. The third-order valence-corrected chi connectivity index (χ3v) is 6.28. The molecule has 30 heavy (non-hydrogen) atoms. The average molecular weight is 411 g/mol. The minimum atomic E-state index is 0.0731. The lowest BCUT2D eigenvalue weighted by atomic mass is 9.81. The van der Waals surface area contributed by atoms with Crippen LogP contribution in [0.25, 0.3) is 0 Å². The van der Waals surface area contributed by atoms with Gasteiger partial charge in [-0.15, -0.1) is 0 Å². The van der Waals surface area contributed by atoms with Gasteiger partial charge in [-0.2, -0.15) is 0 Å². The van der Waals surface area contributed by atoms with E-state index in [1.165, 1.54) is 0 Å². The molecule has 7 nitrogen and oxygen atoms in total. The highest BCUT2D eigenvalue weighted by Crippen LogP contribution is 2.37. The molecule has 1 aliphatic heterocycles. The highest BCUT2D eigenvalue weighted by Gasteiger charge is 2.31. The third kappa shape index (κ3) is 3.86. The van der Waals surface area contributed by atoms with Gasteiger partial charge in [0.25, 0.3) is 0 Å². The molecule has 0 bridgehead atoms. The number of rotatable bonds is 5. The molecule has 1 unspecified atom stereocenters. The molecule has 1 saturated heterocycles. The molecule has 1 fully saturated rings. The zero-order chi connectivity index (χ0) is 21.3. The first-order valence-corrected chi connectivity index (χ1v) is 10.6. The van der Waals surface area contributed by atoms with Crippen molar-refractivity contribution in [3.63, 3.8) is 0 Å². The minimum absolute atomic E-state index is 0.0731. The van der Waals surface area contributed by atoms with Crippen molar-refractivity contribution in [3.05, 3.63) is 40.7 Å². The number of ketones is 1. The molecule has 1 aromatic heterocycles. The molecular formula is C23H30N4O3. The van der Waals surface area contributed by atoms with Crippen LogP contribution in [0.1, 0.15) is 46.6 Å². The van der Waals surface area contributed by atoms with Crippen LogP contribution < -0.4 is 14.4 Å². The van der Waals surface area contributed by atoms with Crippen LogP contribution >= 0.6 is 0 Å². The van der Waals surface area contributed by atoms with Gasteiger partial charge < -0.3 is 19.3 Å². The second-order valence-corrected chi connectivity index (χ2v) is 7.99. The second kappa shape index (κ2) is 8.60. The van der Waals surface area contributed by atoms with Crippen molar-refractivity contribution in [3.8, 4) is 11.5 Å². The summed E-state index contributed by atoms with van der Waals surface area (Å²) >= 11 is 0. The Bertz CT molecular complexity index is 938. The van der Waals surface area contributed by atoms with Crippen molar-refractivity contribution < 1.29 is 14.3 Å². The van der Waals surface area contributed by atoms with Crippen molar-refractivity contribution in [1.29, 1.82) is 0 Å². The minimum Gasteiger partial charge on any atom is -0.493 e. The molecule has 0 amide bonds. The summed E-state index contributed by atoms with van der Waals surface area (Å²) in [7, 11) is 3.25. The van der Waals surface area contributed by atoms with Crippen LogP contribution in [0.3, 0.4) is 0 Å². The average Bonchev–Trinajstić information content (AvgIpc) is 2.78. The fraction of sp³-hybridized carbons (Fsp3) is 0.522. The van der Waals surface area contributed by atoms with E-state index in [4.69, 9.17) is 19.4 Å². The maximum atomic E-state index is 13.0. The van der Waals surface area contributed by atoms with Gasteiger partial charge in [-0.3, -0.25) is 4.79 Å². The summed E-state index contributed by atoms with van der Waals surface area (Å²) in [5.41, 5.74) is 3.44. The molecule has 160 valence electrons. The molecule has 7 heteroatoms. The molecule has 0 spiro atoms. The van der Waals surface area contributed by atoms with Crippen LogP contribution in [0.15, 0.2) is 18.2 Å². The summed E-state index contributed by atoms with van der Waals surface area (Å²) in [6, 6.07) is 5.89. The number of anilines is 1. The fourth-order valence-electron chi connectivity index (χ4n) is 4.51. The Balaban J connectivity index is 1.62. The van der Waals surface area contributed by atoms with Gasteiger partial charge in [0.15, 0.2) is 17.3 Å². The Kier molecular flexibility index (Phi) is 5.90. The van der Waals surface area contributed by atoms with Crippen LogP contribution in [-0.2, 0) is 6.42 Å². The van der Waals surface area contributed by atoms with E-state index in [-0.39, 0.29) is 11.7 Å². The first-order valence-electron chi connectivity index (χ1n) is 10.6. The monoisotopic (exact) mass is 410 g/mol. The number of hydrogen-bond acceptors (Lipinski definition) is 7. The third-order valence-electron chi connectivity index (χ3n) is 6.28. The summed E-state index contributed by atoms with van der Waals surface area (Å²) < 4.78 is 10.8. The van der Waals surface area contributed by atoms with Crippen molar-refractivity contribution in [2.75, 3.05) is 51.8 Å². The number of carbonyl (C=O) groups excluding carboxylic acids is 1. The zero-order valence-corrected chi connectivity index (χ0v) is 18.3. The predicted octanol–water partition coefficient (Wildman–Crippen LogP) is 2.86. The van der Waals surface area contributed by atoms with Gasteiger partial charge in [0.1, 0.15) is 0 Å². The van der Waals surface area contributed by atoms with Gasteiger partial charge in [-0.05, 0) is 43.5 Å². The first-order chi connectivity index (χ1) is 14.5. The molecule has 1 aliphatic carbocycles. The lowest BCUT2D eigenvalue weighted by Gasteiger charge is -2.35. The maximum Gasteiger partial charge on any atom is 0.225 e. The standard InChI is InChI=1S/C23H30N4O3/c1-5-26-8-10-27(11-9-26)23-24-15(2)22-18(25-23)12-17(13-19(22)28)16-6-7-20(29-3)21(14-16)30-4/h6-7,14,17H,5,8-13H2,1-4H3. The number of methoxy groups -OCH3 is 2. The number of carbonyl (C=O) groups is 1. The molecule has 1 aromatic carbocycles. The van der Waals surface area contributed by atoms with E-state index in [1.54, 1.807) is 14.2 Å². The van der Waals surface area contributed by atoms with Gasteiger partial charge in [-0.25, -0.2) is 9.97 Å². The Morgan fingerprint density at radius 2 is 1.77 bits per heavy atom. The Morgan fingerprint density at radius 3 is 2.43 bits per heavy atom. The van der Waals surface area contributed by atoms with Gasteiger partial charge in [0, 0.05) is 32.6 Å². The lowest BCUT2D eigenvalue weighted by Crippen LogP contribution is -2.47. The Labute approximate surface area is 178 Å². The molecule has 2 aliphatic rings. The number of ether oxygens (including phenoxy) is 2. The van der Waals surface area contributed by atoms with Crippen molar-refractivity contribution in [1.82, 2.24) is 14.9 Å². The Morgan fingerprint density at radius 1 is 1.03 bits per heavy atom. The number of nitrogens with zero attached hydrogens (tertiary/aromatic N) is 4. The summed E-state index contributed by atoms with van der Waals surface area (Å²) in [6.07, 6.45) is 1.18. The number of benzene rings is 1.